The van der Waals surface area contributed by atoms with Gasteiger partial charge in [0.05, 0.1) is 6.54 Å². The SMILES string of the molecule is CC(C)(C)C1CCC(C(NCC(F)(F)F)C(=O)O)CC1. The highest BCUT2D eigenvalue weighted by Crippen LogP contribution is 2.40. The van der Waals surface area contributed by atoms with Gasteiger partial charge < -0.3 is 5.11 Å². The minimum Gasteiger partial charge on any atom is -0.480 e. The van der Waals surface area contributed by atoms with Crippen LogP contribution in [-0.2, 0) is 4.79 Å². The molecular formula is C14H24F3NO2. The number of nitrogens with one attached hydrogen (secondary N) is 1. The lowest BCUT2D eigenvalue weighted by atomic mass is 9.68. The molecule has 118 valence electrons. The van der Waals surface area contributed by atoms with Gasteiger partial charge in [0, 0.05) is 0 Å². The topological polar surface area (TPSA) is 49.3 Å². The van der Waals surface area contributed by atoms with E-state index < -0.39 is 24.7 Å². The van der Waals surface area contributed by atoms with Crippen LogP contribution in [0.5, 0.6) is 0 Å². The molecule has 1 aliphatic rings. The predicted octanol–water partition coefficient (Wildman–Crippen LogP) is 3.44. The lowest BCUT2D eigenvalue weighted by Gasteiger charge is -2.38. The molecule has 0 aromatic rings. The van der Waals surface area contributed by atoms with Crippen molar-refractivity contribution in [1.29, 1.82) is 0 Å². The van der Waals surface area contributed by atoms with Crippen LogP contribution in [0, 0.1) is 17.3 Å². The van der Waals surface area contributed by atoms with Crippen molar-refractivity contribution in [2.45, 2.75) is 58.7 Å². The van der Waals surface area contributed by atoms with E-state index in [0.717, 1.165) is 12.8 Å². The summed E-state index contributed by atoms with van der Waals surface area (Å²) < 4.78 is 36.6. The summed E-state index contributed by atoms with van der Waals surface area (Å²) in [7, 11) is 0. The Morgan fingerprint density at radius 2 is 1.70 bits per heavy atom. The van der Waals surface area contributed by atoms with Gasteiger partial charge in [-0.2, -0.15) is 13.2 Å². The van der Waals surface area contributed by atoms with Crippen LogP contribution in [0.3, 0.4) is 0 Å². The molecule has 1 atom stereocenters. The van der Waals surface area contributed by atoms with Gasteiger partial charge in [-0.3, -0.25) is 10.1 Å². The van der Waals surface area contributed by atoms with E-state index in [9.17, 15) is 18.0 Å². The standard InChI is InChI=1S/C14H24F3NO2/c1-13(2,3)10-6-4-9(5-7-10)11(12(19)20)18-8-14(15,16)17/h9-11,18H,4-8H2,1-3H3,(H,19,20). The molecule has 0 heterocycles. The van der Waals surface area contributed by atoms with Gasteiger partial charge in [0.2, 0.25) is 0 Å². The zero-order chi connectivity index (χ0) is 15.6. The Morgan fingerprint density at radius 1 is 1.20 bits per heavy atom. The molecule has 3 nitrogen and oxygen atoms in total. The van der Waals surface area contributed by atoms with Gasteiger partial charge in [-0.05, 0) is 42.9 Å². The van der Waals surface area contributed by atoms with Crippen molar-refractivity contribution in [1.82, 2.24) is 5.32 Å². The first kappa shape index (κ1) is 17.3. The fourth-order valence-corrected chi connectivity index (χ4v) is 3.00. The van der Waals surface area contributed by atoms with Gasteiger partial charge in [-0.25, -0.2) is 0 Å². The third-order valence-corrected chi connectivity index (χ3v) is 4.26. The number of carboxylic acids is 1. The Kier molecular flexibility index (Phi) is 5.46. The van der Waals surface area contributed by atoms with Crippen molar-refractivity contribution >= 4 is 5.97 Å². The normalized spacial score (nSPS) is 26.3. The molecule has 1 fully saturated rings. The summed E-state index contributed by atoms with van der Waals surface area (Å²) in [6.07, 6.45) is -1.28. The monoisotopic (exact) mass is 295 g/mol. The lowest BCUT2D eigenvalue weighted by Crippen LogP contribution is -2.48. The number of hydrogen-bond donors (Lipinski definition) is 2. The Morgan fingerprint density at radius 3 is 2.05 bits per heavy atom. The molecule has 0 amide bonds. The number of aliphatic carboxylic acids is 1. The summed E-state index contributed by atoms with van der Waals surface area (Å²) in [5.41, 5.74) is 0.170. The van der Waals surface area contributed by atoms with Crippen molar-refractivity contribution in [2.24, 2.45) is 17.3 Å². The highest BCUT2D eigenvalue weighted by molar-refractivity contribution is 5.73. The molecule has 1 unspecified atom stereocenters. The van der Waals surface area contributed by atoms with Crippen LogP contribution in [0.1, 0.15) is 46.5 Å². The first-order valence-electron chi connectivity index (χ1n) is 7.03. The molecular weight excluding hydrogens is 271 g/mol. The van der Waals surface area contributed by atoms with Crippen LogP contribution in [0.2, 0.25) is 0 Å². The number of halogens is 3. The maximum Gasteiger partial charge on any atom is 0.401 e. The summed E-state index contributed by atoms with van der Waals surface area (Å²) >= 11 is 0. The van der Waals surface area contributed by atoms with Crippen molar-refractivity contribution in [3.05, 3.63) is 0 Å². The Balaban J connectivity index is 2.56. The molecule has 0 aromatic heterocycles. The number of rotatable bonds is 4. The first-order valence-corrected chi connectivity index (χ1v) is 7.03. The quantitative estimate of drug-likeness (QED) is 0.835. The highest BCUT2D eigenvalue weighted by atomic mass is 19.4. The van der Waals surface area contributed by atoms with Gasteiger partial charge in [0.15, 0.2) is 0 Å². The number of carbonyl (C=O) groups is 1. The molecule has 0 saturated heterocycles. The molecule has 0 bridgehead atoms. The predicted molar refractivity (Wildman–Crippen MR) is 70.4 cm³/mol. The average molecular weight is 295 g/mol. The summed E-state index contributed by atoms with van der Waals surface area (Å²) in [4.78, 5) is 11.2. The number of alkyl halides is 3. The van der Waals surface area contributed by atoms with Gasteiger partial charge >= 0.3 is 12.1 Å². The third-order valence-electron chi connectivity index (χ3n) is 4.26. The molecule has 0 aromatic carbocycles. The van der Waals surface area contributed by atoms with E-state index in [1.807, 2.05) is 0 Å². The van der Waals surface area contributed by atoms with E-state index in [0.29, 0.717) is 18.8 Å². The van der Waals surface area contributed by atoms with Gasteiger partial charge in [-0.15, -0.1) is 0 Å². The lowest BCUT2D eigenvalue weighted by molar-refractivity contribution is -0.146. The first-order chi connectivity index (χ1) is 9.00. The maximum atomic E-state index is 12.2. The van der Waals surface area contributed by atoms with Crippen LogP contribution in [0.15, 0.2) is 0 Å². The van der Waals surface area contributed by atoms with E-state index >= 15 is 0 Å². The second-order valence-corrected chi connectivity index (χ2v) is 6.79. The number of carboxylic acid groups (broad SMARTS) is 1. The molecule has 6 heteroatoms. The zero-order valence-corrected chi connectivity index (χ0v) is 12.3. The van der Waals surface area contributed by atoms with Gasteiger partial charge in [0.25, 0.3) is 0 Å². The fraction of sp³-hybridized carbons (Fsp3) is 0.929. The van der Waals surface area contributed by atoms with Gasteiger partial charge in [0.1, 0.15) is 6.04 Å². The smallest absolute Gasteiger partial charge is 0.401 e. The average Bonchev–Trinajstić information content (AvgIpc) is 2.26. The highest BCUT2D eigenvalue weighted by Gasteiger charge is 2.37. The molecule has 0 radical (unpaired) electrons. The second-order valence-electron chi connectivity index (χ2n) is 6.79. The largest absolute Gasteiger partial charge is 0.480 e. The van der Waals surface area contributed by atoms with E-state index in [1.165, 1.54) is 0 Å². The molecule has 0 aliphatic heterocycles. The summed E-state index contributed by atoms with van der Waals surface area (Å²) in [6, 6.07) is -1.10. The van der Waals surface area contributed by atoms with Crippen LogP contribution >= 0.6 is 0 Å². The summed E-state index contributed by atoms with van der Waals surface area (Å²) in [5.74, 6) is -0.891. The van der Waals surface area contributed by atoms with Crippen molar-refractivity contribution in [3.8, 4) is 0 Å². The van der Waals surface area contributed by atoms with E-state index in [2.05, 4.69) is 26.1 Å². The Hall–Kier alpha value is -0.780. The van der Waals surface area contributed by atoms with Crippen molar-refractivity contribution < 1.29 is 23.1 Å². The minimum absolute atomic E-state index is 0.170. The molecule has 20 heavy (non-hydrogen) atoms. The van der Waals surface area contributed by atoms with Crippen LogP contribution in [-0.4, -0.2) is 29.8 Å². The zero-order valence-electron chi connectivity index (χ0n) is 12.3. The fourth-order valence-electron chi connectivity index (χ4n) is 3.00. The molecule has 0 spiro atoms. The molecule has 1 aliphatic carbocycles. The van der Waals surface area contributed by atoms with Crippen LogP contribution in [0.4, 0.5) is 13.2 Å². The Bertz CT molecular complexity index is 328. The van der Waals surface area contributed by atoms with Gasteiger partial charge in [-0.1, -0.05) is 20.8 Å². The minimum atomic E-state index is -4.38. The van der Waals surface area contributed by atoms with Crippen molar-refractivity contribution in [2.75, 3.05) is 6.54 Å². The third kappa shape index (κ3) is 5.31. The van der Waals surface area contributed by atoms with Crippen LogP contribution in [0.25, 0.3) is 0 Å². The maximum absolute atomic E-state index is 12.2. The molecule has 1 saturated carbocycles. The number of hydrogen-bond acceptors (Lipinski definition) is 2. The van der Waals surface area contributed by atoms with E-state index in [1.54, 1.807) is 0 Å². The second kappa shape index (κ2) is 6.33. The summed E-state index contributed by atoms with van der Waals surface area (Å²) in [6.45, 7) is 5.20. The molecule has 2 N–H and O–H groups in total. The van der Waals surface area contributed by atoms with E-state index in [4.69, 9.17) is 5.11 Å². The van der Waals surface area contributed by atoms with Crippen molar-refractivity contribution in [3.63, 3.8) is 0 Å². The summed E-state index contributed by atoms with van der Waals surface area (Å²) in [5, 5.41) is 11.3. The Labute approximate surface area is 117 Å². The van der Waals surface area contributed by atoms with E-state index in [-0.39, 0.29) is 11.3 Å². The molecule has 1 rings (SSSR count). The van der Waals surface area contributed by atoms with Crippen LogP contribution < -0.4 is 5.32 Å².